The van der Waals surface area contributed by atoms with Crippen molar-refractivity contribution >= 4 is 23.2 Å². The molecule has 0 saturated heterocycles. The zero-order chi connectivity index (χ0) is 18.5. The summed E-state index contributed by atoms with van der Waals surface area (Å²) < 4.78 is 13.2. The van der Waals surface area contributed by atoms with E-state index >= 15 is 0 Å². The number of hydrogen-bond donors (Lipinski definition) is 1. The normalized spacial score (nSPS) is 11.8. The second-order valence-corrected chi connectivity index (χ2v) is 6.30. The number of pyridine rings is 1. The molecule has 3 rings (SSSR count). The molecule has 3 aromatic rings. The van der Waals surface area contributed by atoms with E-state index in [1.165, 1.54) is 12.4 Å². The van der Waals surface area contributed by atoms with E-state index in [0.717, 1.165) is 23.5 Å². The third-order valence-electron chi connectivity index (χ3n) is 3.85. The van der Waals surface area contributed by atoms with E-state index in [0.29, 0.717) is 17.3 Å². The number of nitrogens with one attached hydrogen (secondary N) is 1. The molecule has 2 heterocycles. The quantitative estimate of drug-likeness (QED) is 0.728. The lowest BCUT2D eigenvalue weighted by atomic mass is 9.96. The second-order valence-electron chi connectivity index (χ2n) is 5.91. The van der Waals surface area contributed by atoms with Crippen LogP contribution in [0.4, 0.5) is 10.1 Å². The molecule has 1 atom stereocenters. The van der Waals surface area contributed by atoms with E-state index in [4.69, 9.17) is 11.6 Å². The monoisotopic (exact) mass is 370 g/mol. The molecule has 0 bridgehead atoms. The topological polar surface area (TPSA) is 67.8 Å². The Kier molecular flexibility index (Phi) is 5.53. The molecule has 0 radical (unpaired) electrons. The van der Waals surface area contributed by atoms with Crippen LogP contribution in [0.15, 0.2) is 55.1 Å². The number of rotatable bonds is 5. The predicted octanol–water partition coefficient (Wildman–Crippen LogP) is 4.26. The number of nitrogens with zero attached hydrogens (tertiary/aromatic N) is 3. The summed E-state index contributed by atoms with van der Waals surface area (Å²) in [6.45, 7) is 2.06. The fourth-order valence-electron chi connectivity index (χ4n) is 2.57. The highest BCUT2D eigenvalue weighted by atomic mass is 35.5. The molecule has 1 aromatic carbocycles. The number of amides is 1. The highest BCUT2D eigenvalue weighted by Crippen LogP contribution is 2.23. The van der Waals surface area contributed by atoms with Crippen LogP contribution in [0, 0.1) is 5.82 Å². The summed E-state index contributed by atoms with van der Waals surface area (Å²) in [4.78, 5) is 24.2. The summed E-state index contributed by atoms with van der Waals surface area (Å²) in [6, 6.07) is 8.64. The lowest BCUT2D eigenvalue weighted by molar-refractivity contribution is 0.102. The number of carbonyl (C=O) groups excluding carboxylic acids is 1. The maximum absolute atomic E-state index is 13.2. The number of benzene rings is 1. The Morgan fingerprint density at radius 3 is 2.77 bits per heavy atom. The zero-order valence-corrected chi connectivity index (χ0v) is 14.7. The Labute approximate surface area is 155 Å². The molecule has 0 saturated carbocycles. The van der Waals surface area contributed by atoms with Gasteiger partial charge in [-0.05, 0) is 36.1 Å². The van der Waals surface area contributed by atoms with E-state index in [9.17, 15) is 9.18 Å². The van der Waals surface area contributed by atoms with Crippen LogP contribution in [0.3, 0.4) is 0 Å². The van der Waals surface area contributed by atoms with Crippen LogP contribution in [0.2, 0.25) is 5.15 Å². The van der Waals surface area contributed by atoms with Crippen LogP contribution in [0.5, 0.6) is 0 Å². The standard InChI is InChI=1S/C19H16ClFN4O/c1-12(5-17-10-23-11-18(20)24-17)13-3-2-4-16(7-13)25-19(26)14-6-15(21)9-22-8-14/h2-4,6-12H,5H2,1H3,(H,25,26)/t12-/m1/s1. The first-order valence-electron chi connectivity index (χ1n) is 7.99. The van der Waals surface area contributed by atoms with Gasteiger partial charge in [0.15, 0.2) is 0 Å². The lowest BCUT2D eigenvalue weighted by Crippen LogP contribution is -2.13. The predicted molar refractivity (Wildman–Crippen MR) is 97.8 cm³/mol. The molecule has 7 heteroatoms. The van der Waals surface area contributed by atoms with Gasteiger partial charge in [-0.2, -0.15) is 0 Å². The third-order valence-corrected chi connectivity index (χ3v) is 4.03. The zero-order valence-electron chi connectivity index (χ0n) is 14.0. The van der Waals surface area contributed by atoms with E-state index in [1.807, 2.05) is 18.2 Å². The minimum atomic E-state index is -0.553. The number of halogens is 2. The Morgan fingerprint density at radius 2 is 2.00 bits per heavy atom. The molecule has 0 fully saturated rings. The first-order valence-corrected chi connectivity index (χ1v) is 8.37. The van der Waals surface area contributed by atoms with Gasteiger partial charge in [-0.3, -0.25) is 14.8 Å². The SMILES string of the molecule is C[C@H](Cc1cncc(Cl)n1)c1cccc(NC(=O)c2cncc(F)c2)c1. The molecule has 0 unspecified atom stereocenters. The smallest absolute Gasteiger partial charge is 0.257 e. The Balaban J connectivity index is 1.72. The van der Waals surface area contributed by atoms with Crippen molar-refractivity contribution in [1.82, 2.24) is 15.0 Å². The summed E-state index contributed by atoms with van der Waals surface area (Å²) >= 11 is 5.87. The summed E-state index contributed by atoms with van der Waals surface area (Å²) in [6.07, 6.45) is 6.22. The molecule has 0 aliphatic rings. The van der Waals surface area contributed by atoms with Gasteiger partial charge >= 0.3 is 0 Å². The number of anilines is 1. The highest BCUT2D eigenvalue weighted by molar-refractivity contribution is 6.29. The van der Waals surface area contributed by atoms with Gasteiger partial charge in [0.25, 0.3) is 5.91 Å². The van der Waals surface area contributed by atoms with Crippen molar-refractivity contribution in [3.05, 3.63) is 82.9 Å². The van der Waals surface area contributed by atoms with Crippen LogP contribution in [-0.4, -0.2) is 20.9 Å². The number of hydrogen-bond acceptors (Lipinski definition) is 4. The summed E-state index contributed by atoms with van der Waals surface area (Å²) in [5.41, 5.74) is 2.62. The largest absolute Gasteiger partial charge is 0.322 e. The molecular weight excluding hydrogens is 355 g/mol. The second kappa shape index (κ2) is 8.01. The van der Waals surface area contributed by atoms with Crippen LogP contribution in [0.25, 0.3) is 0 Å². The highest BCUT2D eigenvalue weighted by Gasteiger charge is 2.11. The maximum Gasteiger partial charge on any atom is 0.257 e. The van der Waals surface area contributed by atoms with E-state index in [1.54, 1.807) is 12.3 Å². The van der Waals surface area contributed by atoms with Gasteiger partial charge in [0.2, 0.25) is 0 Å². The third kappa shape index (κ3) is 4.61. The number of aromatic nitrogens is 3. The Hall–Kier alpha value is -2.86. The molecule has 132 valence electrons. The molecule has 1 amide bonds. The molecule has 0 aliphatic carbocycles. The fraction of sp³-hybridized carbons (Fsp3) is 0.158. The van der Waals surface area contributed by atoms with E-state index in [-0.39, 0.29) is 11.5 Å². The number of carbonyl (C=O) groups is 1. The van der Waals surface area contributed by atoms with Crippen molar-refractivity contribution in [3.8, 4) is 0 Å². The van der Waals surface area contributed by atoms with Gasteiger partial charge in [0.05, 0.1) is 23.7 Å². The first-order chi connectivity index (χ1) is 12.5. The van der Waals surface area contributed by atoms with Crippen LogP contribution in [-0.2, 0) is 6.42 Å². The first kappa shape index (κ1) is 17.9. The summed E-state index contributed by atoms with van der Waals surface area (Å²) in [5.74, 6) is -0.819. The maximum atomic E-state index is 13.2. The fourth-order valence-corrected chi connectivity index (χ4v) is 2.74. The van der Waals surface area contributed by atoms with Crippen LogP contribution < -0.4 is 5.32 Å². The van der Waals surface area contributed by atoms with Crippen molar-refractivity contribution in [2.24, 2.45) is 0 Å². The lowest BCUT2D eigenvalue weighted by Gasteiger charge is -2.13. The van der Waals surface area contributed by atoms with Crippen LogP contribution >= 0.6 is 11.6 Å². The average Bonchev–Trinajstić information content (AvgIpc) is 2.62. The van der Waals surface area contributed by atoms with Gasteiger partial charge in [-0.15, -0.1) is 0 Å². The molecular formula is C19H16ClFN4O. The summed E-state index contributed by atoms with van der Waals surface area (Å²) in [5, 5.41) is 3.12. The van der Waals surface area contributed by atoms with E-state index < -0.39 is 11.7 Å². The Morgan fingerprint density at radius 1 is 1.19 bits per heavy atom. The van der Waals surface area contributed by atoms with Gasteiger partial charge in [0, 0.05) is 18.1 Å². The van der Waals surface area contributed by atoms with Gasteiger partial charge in [-0.25, -0.2) is 9.37 Å². The molecule has 5 nitrogen and oxygen atoms in total. The molecule has 26 heavy (non-hydrogen) atoms. The van der Waals surface area contributed by atoms with Crippen molar-refractivity contribution in [2.75, 3.05) is 5.32 Å². The van der Waals surface area contributed by atoms with Gasteiger partial charge in [-0.1, -0.05) is 30.7 Å². The minimum absolute atomic E-state index is 0.149. The van der Waals surface area contributed by atoms with Crippen LogP contribution in [0.1, 0.15) is 34.5 Å². The van der Waals surface area contributed by atoms with E-state index in [2.05, 4.69) is 27.2 Å². The van der Waals surface area contributed by atoms with Gasteiger partial charge in [0.1, 0.15) is 11.0 Å². The summed E-state index contributed by atoms with van der Waals surface area (Å²) in [7, 11) is 0. The molecule has 1 N–H and O–H groups in total. The molecule has 0 spiro atoms. The van der Waals surface area contributed by atoms with Gasteiger partial charge < -0.3 is 5.32 Å². The average molecular weight is 371 g/mol. The minimum Gasteiger partial charge on any atom is -0.322 e. The van der Waals surface area contributed by atoms with Crippen molar-refractivity contribution in [3.63, 3.8) is 0 Å². The van der Waals surface area contributed by atoms with Crippen molar-refractivity contribution in [2.45, 2.75) is 19.3 Å². The Bertz CT molecular complexity index is 935. The van der Waals surface area contributed by atoms with Crippen molar-refractivity contribution < 1.29 is 9.18 Å². The van der Waals surface area contributed by atoms with Crippen molar-refractivity contribution in [1.29, 1.82) is 0 Å². The molecule has 0 aliphatic heterocycles. The molecule has 2 aromatic heterocycles.